The van der Waals surface area contributed by atoms with E-state index in [4.69, 9.17) is 0 Å². The summed E-state index contributed by atoms with van der Waals surface area (Å²) in [4.78, 5) is 13.2. The highest BCUT2D eigenvalue weighted by molar-refractivity contribution is 7.88. The van der Waals surface area contributed by atoms with Gasteiger partial charge in [-0.15, -0.1) is 11.3 Å². The number of nitrogens with one attached hydrogen (secondary N) is 1. The highest BCUT2D eigenvalue weighted by Crippen LogP contribution is 2.20. The molecular weight excluding hydrogens is 284 g/mol. The molecule has 0 aliphatic carbocycles. The van der Waals surface area contributed by atoms with Crippen molar-refractivity contribution in [1.82, 2.24) is 9.62 Å². The van der Waals surface area contributed by atoms with Crippen LogP contribution in [0.5, 0.6) is 0 Å². The molecule has 1 aromatic heterocycles. The predicted octanol–water partition coefficient (Wildman–Crippen LogP) is 1.18. The van der Waals surface area contributed by atoms with Gasteiger partial charge in [-0.3, -0.25) is 4.79 Å². The third-order valence-corrected chi connectivity index (χ3v) is 5.36. The average molecular weight is 302 g/mol. The Morgan fingerprint density at radius 1 is 1.53 bits per heavy atom. The van der Waals surface area contributed by atoms with Gasteiger partial charge in [0.05, 0.1) is 12.8 Å². The molecule has 1 amide bonds. The summed E-state index contributed by atoms with van der Waals surface area (Å²) in [6.45, 7) is 0.903. The van der Waals surface area contributed by atoms with Crippen LogP contribution in [0.3, 0.4) is 0 Å². The van der Waals surface area contributed by atoms with Crippen LogP contribution in [0.4, 0.5) is 0 Å². The molecule has 7 heteroatoms. The predicted molar refractivity (Wildman–Crippen MR) is 75.4 cm³/mol. The summed E-state index contributed by atoms with van der Waals surface area (Å²) in [6, 6.07) is 3.32. The van der Waals surface area contributed by atoms with Crippen LogP contribution in [0.2, 0.25) is 0 Å². The summed E-state index contributed by atoms with van der Waals surface area (Å²) in [6.07, 6.45) is 3.48. The molecule has 1 saturated heterocycles. The van der Waals surface area contributed by atoms with E-state index in [1.165, 1.54) is 4.31 Å². The Morgan fingerprint density at radius 2 is 2.32 bits per heavy atom. The summed E-state index contributed by atoms with van der Waals surface area (Å²) in [5.41, 5.74) is 0. The molecule has 0 radical (unpaired) electrons. The number of carbonyl (C=O) groups is 1. The standard InChI is InChI=1S/C12H18N2O3S2/c1-19(16,17)14-7-3-2-6-11(14)12(15)13-9-10-5-4-8-18-10/h4-5,8,11H,2-3,6-7,9H2,1H3,(H,13,15). The molecule has 1 aliphatic heterocycles. The summed E-state index contributed by atoms with van der Waals surface area (Å²) in [5, 5.41) is 4.77. The number of nitrogens with zero attached hydrogens (tertiary/aromatic N) is 1. The second-order valence-corrected chi connectivity index (χ2v) is 7.65. The van der Waals surface area contributed by atoms with E-state index in [0.29, 0.717) is 19.5 Å². The van der Waals surface area contributed by atoms with Crippen molar-refractivity contribution in [1.29, 1.82) is 0 Å². The molecule has 106 valence electrons. The van der Waals surface area contributed by atoms with E-state index in [2.05, 4.69) is 5.32 Å². The zero-order valence-corrected chi connectivity index (χ0v) is 12.5. The zero-order chi connectivity index (χ0) is 13.9. The van der Waals surface area contributed by atoms with Crippen LogP contribution in [0.15, 0.2) is 17.5 Å². The zero-order valence-electron chi connectivity index (χ0n) is 10.8. The minimum atomic E-state index is -3.32. The summed E-state index contributed by atoms with van der Waals surface area (Å²) in [7, 11) is -3.32. The Labute approximate surface area is 117 Å². The van der Waals surface area contributed by atoms with Gasteiger partial charge in [0.2, 0.25) is 15.9 Å². The minimum absolute atomic E-state index is 0.196. The minimum Gasteiger partial charge on any atom is -0.350 e. The molecule has 0 spiro atoms. The van der Waals surface area contributed by atoms with Gasteiger partial charge >= 0.3 is 0 Å². The van der Waals surface area contributed by atoms with E-state index in [9.17, 15) is 13.2 Å². The van der Waals surface area contributed by atoms with E-state index in [1.807, 2.05) is 17.5 Å². The van der Waals surface area contributed by atoms with Crippen LogP contribution in [-0.2, 0) is 21.4 Å². The van der Waals surface area contributed by atoms with Crippen molar-refractivity contribution >= 4 is 27.3 Å². The maximum absolute atomic E-state index is 12.1. The van der Waals surface area contributed by atoms with Gasteiger partial charge in [0, 0.05) is 11.4 Å². The number of hydrogen-bond acceptors (Lipinski definition) is 4. The van der Waals surface area contributed by atoms with Crippen molar-refractivity contribution in [3.05, 3.63) is 22.4 Å². The van der Waals surface area contributed by atoms with Crippen molar-refractivity contribution in [2.24, 2.45) is 0 Å². The van der Waals surface area contributed by atoms with Crippen LogP contribution in [0, 0.1) is 0 Å². The van der Waals surface area contributed by atoms with Gasteiger partial charge in [-0.25, -0.2) is 8.42 Å². The summed E-state index contributed by atoms with van der Waals surface area (Å²) >= 11 is 1.57. The Balaban J connectivity index is 1.99. The number of sulfonamides is 1. The first kappa shape index (κ1) is 14.5. The number of thiophene rings is 1. The van der Waals surface area contributed by atoms with Crippen LogP contribution >= 0.6 is 11.3 Å². The van der Waals surface area contributed by atoms with Crippen LogP contribution in [0.25, 0.3) is 0 Å². The number of rotatable bonds is 4. The van der Waals surface area contributed by atoms with Gasteiger partial charge in [0.15, 0.2) is 0 Å². The number of carbonyl (C=O) groups excluding carboxylic acids is 1. The SMILES string of the molecule is CS(=O)(=O)N1CCCCC1C(=O)NCc1cccs1. The molecule has 2 heterocycles. The Bertz CT molecular complexity index is 525. The Hall–Kier alpha value is -0.920. The third-order valence-electron chi connectivity index (χ3n) is 3.20. The fourth-order valence-electron chi connectivity index (χ4n) is 2.27. The molecule has 0 saturated carbocycles. The summed E-state index contributed by atoms with van der Waals surface area (Å²) < 4.78 is 24.7. The van der Waals surface area contributed by atoms with E-state index in [1.54, 1.807) is 11.3 Å². The monoisotopic (exact) mass is 302 g/mol. The van der Waals surface area contributed by atoms with Gasteiger partial charge in [0.25, 0.3) is 0 Å². The lowest BCUT2D eigenvalue weighted by atomic mass is 10.0. The number of hydrogen-bond donors (Lipinski definition) is 1. The van der Waals surface area contributed by atoms with E-state index in [0.717, 1.165) is 24.0 Å². The first-order valence-electron chi connectivity index (χ1n) is 6.25. The summed E-state index contributed by atoms with van der Waals surface area (Å²) in [5.74, 6) is -0.196. The van der Waals surface area contributed by atoms with Gasteiger partial charge in [-0.05, 0) is 24.3 Å². The lowest BCUT2D eigenvalue weighted by Gasteiger charge is -2.32. The maximum atomic E-state index is 12.1. The molecule has 0 aromatic carbocycles. The van der Waals surface area contributed by atoms with E-state index in [-0.39, 0.29) is 5.91 Å². The average Bonchev–Trinajstić information content (AvgIpc) is 2.88. The Morgan fingerprint density at radius 3 is 2.95 bits per heavy atom. The van der Waals surface area contributed by atoms with Gasteiger partial charge < -0.3 is 5.32 Å². The van der Waals surface area contributed by atoms with E-state index < -0.39 is 16.1 Å². The van der Waals surface area contributed by atoms with Crippen molar-refractivity contribution in [3.8, 4) is 0 Å². The van der Waals surface area contributed by atoms with E-state index >= 15 is 0 Å². The molecule has 1 aromatic rings. The molecule has 19 heavy (non-hydrogen) atoms. The van der Waals surface area contributed by atoms with Crippen molar-refractivity contribution in [3.63, 3.8) is 0 Å². The smallest absolute Gasteiger partial charge is 0.238 e. The van der Waals surface area contributed by atoms with Crippen LogP contribution in [0.1, 0.15) is 24.1 Å². The first-order chi connectivity index (χ1) is 8.98. The lowest BCUT2D eigenvalue weighted by molar-refractivity contribution is -0.125. The molecule has 1 N–H and O–H groups in total. The first-order valence-corrected chi connectivity index (χ1v) is 8.98. The molecule has 1 atom stereocenters. The van der Waals surface area contributed by atoms with Crippen molar-refractivity contribution < 1.29 is 13.2 Å². The molecular formula is C12H18N2O3S2. The van der Waals surface area contributed by atoms with Crippen LogP contribution < -0.4 is 5.32 Å². The van der Waals surface area contributed by atoms with Gasteiger partial charge in [0.1, 0.15) is 6.04 Å². The third kappa shape index (κ3) is 3.77. The van der Waals surface area contributed by atoms with Gasteiger partial charge in [-0.1, -0.05) is 12.5 Å². The van der Waals surface area contributed by atoms with Crippen molar-refractivity contribution in [2.45, 2.75) is 31.8 Å². The normalized spacial score (nSPS) is 21.2. The highest BCUT2D eigenvalue weighted by Gasteiger charge is 2.34. The van der Waals surface area contributed by atoms with Crippen molar-refractivity contribution in [2.75, 3.05) is 12.8 Å². The topological polar surface area (TPSA) is 66.5 Å². The number of amides is 1. The largest absolute Gasteiger partial charge is 0.350 e. The second kappa shape index (κ2) is 6.02. The van der Waals surface area contributed by atoms with Gasteiger partial charge in [-0.2, -0.15) is 4.31 Å². The quantitative estimate of drug-likeness (QED) is 0.908. The lowest BCUT2D eigenvalue weighted by Crippen LogP contribution is -2.51. The molecule has 1 aliphatic rings. The molecule has 1 unspecified atom stereocenters. The number of piperidine rings is 1. The molecule has 0 bridgehead atoms. The molecule has 5 nitrogen and oxygen atoms in total. The highest BCUT2D eigenvalue weighted by atomic mass is 32.2. The fourth-order valence-corrected chi connectivity index (χ4v) is 4.04. The fraction of sp³-hybridized carbons (Fsp3) is 0.583. The molecule has 1 fully saturated rings. The van der Waals surface area contributed by atoms with Crippen LogP contribution in [-0.4, -0.2) is 37.5 Å². The molecule has 2 rings (SSSR count). The second-order valence-electron chi connectivity index (χ2n) is 4.68. The Kier molecular flexibility index (Phi) is 4.59. The maximum Gasteiger partial charge on any atom is 0.238 e.